The van der Waals surface area contributed by atoms with Crippen molar-refractivity contribution in [2.45, 2.75) is 19.4 Å². The van der Waals surface area contributed by atoms with Gasteiger partial charge in [0.2, 0.25) is 0 Å². The van der Waals surface area contributed by atoms with Gasteiger partial charge in [-0.15, -0.1) is 0 Å². The highest BCUT2D eigenvalue weighted by Crippen LogP contribution is 2.37. The Morgan fingerprint density at radius 1 is 1.31 bits per heavy atom. The molecule has 0 unspecified atom stereocenters. The van der Waals surface area contributed by atoms with E-state index in [4.69, 9.17) is 21.1 Å². The van der Waals surface area contributed by atoms with Crippen molar-refractivity contribution in [1.82, 2.24) is 15.0 Å². The Kier molecular flexibility index (Phi) is 4.34. The number of halogens is 1. The fourth-order valence-electron chi connectivity index (χ4n) is 2.99. The van der Waals surface area contributed by atoms with E-state index >= 15 is 0 Å². The highest BCUT2D eigenvalue weighted by molar-refractivity contribution is 6.37. The quantitative estimate of drug-likeness (QED) is 0.713. The molecule has 0 atom stereocenters. The Hall–Kier alpha value is -2.51. The number of methoxy groups -OCH3 is 1. The first-order valence-electron chi connectivity index (χ1n) is 8.42. The van der Waals surface area contributed by atoms with Crippen LogP contribution >= 0.6 is 11.6 Å². The Morgan fingerprint density at radius 2 is 2.08 bits per heavy atom. The molecule has 1 saturated heterocycles. The van der Waals surface area contributed by atoms with E-state index in [1.165, 1.54) is 0 Å². The van der Waals surface area contributed by atoms with Crippen molar-refractivity contribution in [3.63, 3.8) is 0 Å². The molecule has 136 valence electrons. The van der Waals surface area contributed by atoms with Gasteiger partial charge in [-0.1, -0.05) is 24.6 Å². The highest BCUT2D eigenvalue weighted by Gasteiger charge is 2.30. The van der Waals surface area contributed by atoms with Gasteiger partial charge in [-0.3, -0.25) is 0 Å². The van der Waals surface area contributed by atoms with Gasteiger partial charge in [-0.05, 0) is 18.6 Å². The number of nitrogens with one attached hydrogen (secondary N) is 1. The van der Waals surface area contributed by atoms with Gasteiger partial charge in [-0.25, -0.2) is 0 Å². The number of rotatable bonds is 5. The number of nitrogens with zero attached hydrogens (tertiary/aromatic N) is 3. The molecule has 1 aliphatic rings. The summed E-state index contributed by atoms with van der Waals surface area (Å²) in [5, 5.41) is 11.0. The van der Waals surface area contributed by atoms with Gasteiger partial charge >= 0.3 is 6.01 Å². The molecule has 0 saturated carbocycles. The molecule has 1 fully saturated rings. The first-order valence-corrected chi connectivity index (χ1v) is 8.79. The van der Waals surface area contributed by atoms with Gasteiger partial charge in [0.05, 0.1) is 23.6 Å². The maximum absolute atomic E-state index is 9.66. The van der Waals surface area contributed by atoms with Gasteiger partial charge < -0.3 is 24.5 Å². The molecule has 8 heteroatoms. The zero-order valence-corrected chi connectivity index (χ0v) is 15.2. The summed E-state index contributed by atoms with van der Waals surface area (Å²) < 4.78 is 11.1. The summed E-state index contributed by atoms with van der Waals surface area (Å²) in [5.41, 5.74) is 1.52. The van der Waals surface area contributed by atoms with Crippen LogP contribution in [0.3, 0.4) is 0 Å². The van der Waals surface area contributed by atoms with Crippen LogP contribution in [0, 0.1) is 0 Å². The van der Waals surface area contributed by atoms with Crippen molar-refractivity contribution in [2.75, 3.05) is 25.1 Å². The number of benzene rings is 1. The topological polar surface area (TPSA) is 83.5 Å². The fraction of sp³-hybridized carbons (Fsp3) is 0.333. The van der Waals surface area contributed by atoms with Crippen molar-refractivity contribution in [2.24, 2.45) is 0 Å². The average molecular weight is 375 g/mol. The number of fused-ring (bicyclic) bond motifs is 1. The molecule has 1 aromatic carbocycles. The summed E-state index contributed by atoms with van der Waals surface area (Å²) in [6, 6.07) is 7.45. The van der Waals surface area contributed by atoms with Crippen LogP contribution in [0.4, 0.5) is 5.82 Å². The molecule has 1 aliphatic heterocycles. The second-order valence-corrected chi connectivity index (χ2v) is 6.54. The third-order valence-electron chi connectivity index (χ3n) is 4.39. The van der Waals surface area contributed by atoms with E-state index in [2.05, 4.69) is 15.0 Å². The third-order valence-corrected chi connectivity index (χ3v) is 4.81. The first-order chi connectivity index (χ1) is 12.6. The zero-order valence-electron chi connectivity index (χ0n) is 14.5. The lowest BCUT2D eigenvalue weighted by atomic mass is 10.1. The van der Waals surface area contributed by atoms with Gasteiger partial charge in [0, 0.05) is 24.8 Å². The van der Waals surface area contributed by atoms with E-state index in [1.54, 1.807) is 13.2 Å². The summed E-state index contributed by atoms with van der Waals surface area (Å²) in [4.78, 5) is 14.2. The van der Waals surface area contributed by atoms with Crippen LogP contribution in [0.5, 0.6) is 17.5 Å². The van der Waals surface area contributed by atoms with Crippen molar-refractivity contribution in [3.8, 4) is 17.5 Å². The predicted octanol–water partition coefficient (Wildman–Crippen LogP) is 3.16. The smallest absolute Gasteiger partial charge is 0.325 e. The van der Waals surface area contributed by atoms with Gasteiger partial charge in [-0.2, -0.15) is 9.97 Å². The molecule has 0 bridgehead atoms. The van der Waals surface area contributed by atoms with E-state index in [1.807, 2.05) is 30.0 Å². The number of aliphatic hydroxyl groups is 1. The number of aromatic nitrogens is 3. The van der Waals surface area contributed by atoms with Crippen LogP contribution in [-0.2, 0) is 6.42 Å². The van der Waals surface area contributed by atoms with Crippen LogP contribution < -0.4 is 14.4 Å². The molecule has 3 aromatic rings. The van der Waals surface area contributed by atoms with Crippen LogP contribution in [0.1, 0.15) is 12.6 Å². The van der Waals surface area contributed by atoms with Crippen LogP contribution in [0.2, 0.25) is 5.02 Å². The molecular weight excluding hydrogens is 356 g/mol. The lowest BCUT2D eigenvalue weighted by Crippen LogP contribution is -2.51. The second-order valence-electron chi connectivity index (χ2n) is 6.16. The van der Waals surface area contributed by atoms with Gasteiger partial charge in [0.15, 0.2) is 0 Å². The van der Waals surface area contributed by atoms with Gasteiger partial charge in [0.1, 0.15) is 23.0 Å². The van der Waals surface area contributed by atoms with Crippen molar-refractivity contribution >= 4 is 28.5 Å². The minimum Gasteiger partial charge on any atom is -0.497 e. The Balaban J connectivity index is 1.77. The minimum atomic E-state index is -0.355. The summed E-state index contributed by atoms with van der Waals surface area (Å²) in [6.07, 6.45) is 0.398. The molecule has 0 aliphatic carbocycles. The number of anilines is 1. The SMILES string of the molecule is CCc1[nH]c2nc(Oc3cccc(OC)c3)nc(N3CC(O)C3)c2c1Cl. The molecular formula is C18H19ClN4O3. The number of ether oxygens (including phenoxy) is 2. The molecule has 4 rings (SSSR count). The molecule has 7 nitrogen and oxygen atoms in total. The van der Waals surface area contributed by atoms with E-state index in [-0.39, 0.29) is 12.1 Å². The number of H-pyrrole nitrogens is 1. The summed E-state index contributed by atoms with van der Waals surface area (Å²) in [6.45, 7) is 3.03. The number of aryl methyl sites for hydroxylation is 1. The number of hydrogen-bond acceptors (Lipinski definition) is 6. The Bertz CT molecular complexity index is 953. The molecule has 0 amide bonds. The number of aromatic amines is 1. The lowest BCUT2D eigenvalue weighted by molar-refractivity contribution is 0.141. The number of aliphatic hydroxyl groups excluding tert-OH is 1. The van der Waals surface area contributed by atoms with Crippen molar-refractivity contribution < 1.29 is 14.6 Å². The van der Waals surface area contributed by atoms with Crippen LogP contribution in [0.15, 0.2) is 24.3 Å². The van der Waals surface area contributed by atoms with Crippen LogP contribution in [0.25, 0.3) is 11.0 Å². The Labute approximate surface area is 155 Å². The molecule has 26 heavy (non-hydrogen) atoms. The summed E-state index contributed by atoms with van der Waals surface area (Å²) in [7, 11) is 1.60. The molecule has 0 spiro atoms. The Morgan fingerprint density at radius 3 is 2.77 bits per heavy atom. The second kappa shape index (κ2) is 6.66. The third kappa shape index (κ3) is 2.93. The average Bonchev–Trinajstić information content (AvgIpc) is 2.94. The predicted molar refractivity (Wildman–Crippen MR) is 99.6 cm³/mol. The summed E-state index contributed by atoms with van der Waals surface area (Å²) >= 11 is 6.52. The van der Waals surface area contributed by atoms with Crippen molar-refractivity contribution in [1.29, 1.82) is 0 Å². The summed E-state index contributed by atoms with van der Waals surface area (Å²) in [5.74, 6) is 1.93. The van der Waals surface area contributed by atoms with E-state index in [9.17, 15) is 5.11 Å². The maximum Gasteiger partial charge on any atom is 0.325 e. The lowest BCUT2D eigenvalue weighted by Gasteiger charge is -2.37. The van der Waals surface area contributed by atoms with E-state index in [0.717, 1.165) is 17.5 Å². The van der Waals surface area contributed by atoms with E-state index in [0.29, 0.717) is 41.1 Å². The largest absolute Gasteiger partial charge is 0.497 e. The normalized spacial score (nSPS) is 14.5. The number of hydrogen-bond donors (Lipinski definition) is 2. The monoisotopic (exact) mass is 374 g/mol. The molecule has 3 heterocycles. The first kappa shape index (κ1) is 16.9. The molecule has 2 N–H and O–H groups in total. The standard InChI is InChI=1S/C18H19ClN4O3/c1-3-13-15(19)14-16(20-13)21-18(22-17(14)23-8-10(24)9-23)26-12-6-4-5-11(7-12)25-2/h4-7,10,24H,3,8-9H2,1-2H3,(H,20,21,22). The zero-order chi connectivity index (χ0) is 18.3. The van der Waals surface area contributed by atoms with Crippen LogP contribution in [-0.4, -0.2) is 46.4 Å². The van der Waals surface area contributed by atoms with E-state index < -0.39 is 0 Å². The van der Waals surface area contributed by atoms with Gasteiger partial charge in [0.25, 0.3) is 0 Å². The number of β-amino-alcohol motifs (C(OH)–C–C–N with tert-alkyl or cyclic N) is 1. The molecule has 2 aromatic heterocycles. The maximum atomic E-state index is 9.66. The minimum absolute atomic E-state index is 0.211. The van der Waals surface area contributed by atoms with Crippen molar-refractivity contribution in [3.05, 3.63) is 35.0 Å². The highest BCUT2D eigenvalue weighted by atomic mass is 35.5. The molecule has 0 radical (unpaired) electrons. The fourth-order valence-corrected chi connectivity index (χ4v) is 3.34.